The zero-order valence-corrected chi connectivity index (χ0v) is 19.9. The third kappa shape index (κ3) is 5.16. The van der Waals surface area contributed by atoms with Gasteiger partial charge in [-0.1, -0.05) is 12.1 Å². The molecular formula is C29H29F2NO4. The fourth-order valence-corrected chi connectivity index (χ4v) is 5.01. The molecule has 188 valence electrons. The predicted octanol–water partition coefficient (Wildman–Crippen LogP) is 5.79. The maximum absolute atomic E-state index is 15.0. The molecular weight excluding hydrogens is 464 g/mol. The number of hydrogen-bond donors (Lipinski definition) is 2. The minimum atomic E-state index is -0.511. The van der Waals surface area contributed by atoms with Gasteiger partial charge in [-0.25, -0.2) is 4.39 Å². The van der Waals surface area contributed by atoms with Crippen LogP contribution in [0.15, 0.2) is 60.7 Å². The van der Waals surface area contributed by atoms with Gasteiger partial charge in [-0.15, -0.1) is 0 Å². The molecule has 0 saturated carbocycles. The van der Waals surface area contributed by atoms with E-state index >= 15 is 0 Å². The van der Waals surface area contributed by atoms with Gasteiger partial charge in [0, 0.05) is 49.3 Å². The van der Waals surface area contributed by atoms with Crippen LogP contribution in [0, 0.1) is 5.82 Å². The molecule has 2 N–H and O–H groups in total. The highest BCUT2D eigenvalue weighted by Gasteiger charge is 2.25. The first kappa shape index (κ1) is 24.1. The summed E-state index contributed by atoms with van der Waals surface area (Å²) in [6.45, 7) is 2.45. The second-order valence-electron chi connectivity index (χ2n) is 9.19. The molecule has 0 amide bonds. The van der Waals surface area contributed by atoms with Crippen LogP contribution in [0.1, 0.15) is 36.0 Å². The fourth-order valence-electron chi connectivity index (χ4n) is 5.01. The van der Waals surface area contributed by atoms with E-state index in [0.717, 1.165) is 60.1 Å². The van der Waals surface area contributed by atoms with Gasteiger partial charge < -0.3 is 19.7 Å². The zero-order chi connectivity index (χ0) is 25.1. The molecule has 0 spiro atoms. The molecule has 2 aliphatic rings. The highest BCUT2D eigenvalue weighted by molar-refractivity contribution is 6.00. The summed E-state index contributed by atoms with van der Waals surface area (Å²) in [4.78, 5) is 2.22. The van der Waals surface area contributed by atoms with Crippen molar-refractivity contribution >= 4 is 11.1 Å². The molecule has 3 aromatic rings. The molecule has 2 aliphatic heterocycles. The van der Waals surface area contributed by atoms with Crippen LogP contribution in [0.5, 0.6) is 23.0 Å². The molecule has 0 unspecified atom stereocenters. The first-order chi connectivity index (χ1) is 17.5. The third-order valence-corrected chi connectivity index (χ3v) is 6.71. The van der Waals surface area contributed by atoms with Crippen LogP contribution in [0.3, 0.4) is 0 Å². The van der Waals surface area contributed by atoms with Crippen LogP contribution in [0.2, 0.25) is 0 Å². The standard InChI is InChI=1S/C29H29F2NO4/c30-12-1-13-32-14-10-23(18-32)36-22-6-2-19(3-7-22)29-25(24-8-4-20(33)16-27(24)31)11-15-35-28-17-21(34)5-9-26(28)29/h2-9,16-17,23,33-34H,1,10-15,18H2/t23-/m0/s1. The second kappa shape index (κ2) is 10.6. The minimum absolute atomic E-state index is 0.0614. The molecule has 5 rings (SSSR count). The van der Waals surface area contributed by atoms with Crippen molar-refractivity contribution in [1.29, 1.82) is 0 Å². The summed E-state index contributed by atoms with van der Waals surface area (Å²) in [5.41, 5.74) is 3.56. The van der Waals surface area contributed by atoms with Crippen molar-refractivity contribution < 1.29 is 28.5 Å². The fraction of sp³-hybridized carbons (Fsp3) is 0.310. The Labute approximate surface area is 209 Å². The first-order valence-corrected chi connectivity index (χ1v) is 12.3. The Morgan fingerprint density at radius 1 is 0.972 bits per heavy atom. The van der Waals surface area contributed by atoms with Gasteiger partial charge in [0.1, 0.15) is 34.9 Å². The first-order valence-electron chi connectivity index (χ1n) is 12.3. The van der Waals surface area contributed by atoms with Gasteiger partial charge >= 0.3 is 0 Å². The Balaban J connectivity index is 1.49. The molecule has 1 saturated heterocycles. The van der Waals surface area contributed by atoms with Crippen LogP contribution >= 0.6 is 0 Å². The van der Waals surface area contributed by atoms with Crippen LogP contribution in [0.25, 0.3) is 11.1 Å². The smallest absolute Gasteiger partial charge is 0.134 e. The van der Waals surface area contributed by atoms with E-state index in [4.69, 9.17) is 9.47 Å². The van der Waals surface area contributed by atoms with E-state index in [0.29, 0.717) is 30.8 Å². The zero-order valence-electron chi connectivity index (χ0n) is 19.9. The van der Waals surface area contributed by atoms with Crippen molar-refractivity contribution in [2.75, 3.05) is 32.9 Å². The lowest BCUT2D eigenvalue weighted by molar-refractivity contribution is 0.198. The molecule has 0 bridgehead atoms. The maximum atomic E-state index is 15.0. The van der Waals surface area contributed by atoms with Crippen molar-refractivity contribution in [3.8, 4) is 23.0 Å². The highest BCUT2D eigenvalue weighted by Crippen LogP contribution is 2.43. The molecule has 0 radical (unpaired) electrons. The van der Waals surface area contributed by atoms with Crippen molar-refractivity contribution in [1.82, 2.24) is 4.90 Å². The maximum Gasteiger partial charge on any atom is 0.134 e. The van der Waals surface area contributed by atoms with Crippen LogP contribution in [-0.2, 0) is 0 Å². The van der Waals surface area contributed by atoms with Gasteiger partial charge in [0.15, 0.2) is 0 Å². The number of aromatic hydroxyl groups is 2. The quantitative estimate of drug-likeness (QED) is 0.436. The van der Waals surface area contributed by atoms with Crippen molar-refractivity contribution in [2.24, 2.45) is 0 Å². The topological polar surface area (TPSA) is 62.2 Å². The number of alkyl halides is 1. The van der Waals surface area contributed by atoms with E-state index < -0.39 is 5.82 Å². The molecule has 0 aromatic heterocycles. The lowest BCUT2D eigenvalue weighted by Gasteiger charge is -2.18. The normalized spacial score (nSPS) is 18.0. The van der Waals surface area contributed by atoms with E-state index in [1.54, 1.807) is 24.3 Å². The Kier molecular flexibility index (Phi) is 7.09. The van der Waals surface area contributed by atoms with Crippen molar-refractivity contribution in [2.45, 2.75) is 25.4 Å². The molecule has 2 heterocycles. The molecule has 5 nitrogen and oxygen atoms in total. The summed E-state index contributed by atoms with van der Waals surface area (Å²) in [5.74, 6) is 0.713. The van der Waals surface area contributed by atoms with Gasteiger partial charge in [0.2, 0.25) is 0 Å². The number of halogens is 2. The van der Waals surface area contributed by atoms with E-state index in [2.05, 4.69) is 4.90 Å². The number of likely N-dealkylation sites (tertiary alicyclic amines) is 1. The molecule has 7 heteroatoms. The van der Waals surface area contributed by atoms with Crippen LogP contribution in [-0.4, -0.2) is 54.1 Å². The summed E-state index contributed by atoms with van der Waals surface area (Å²) in [7, 11) is 0. The molecule has 3 aromatic carbocycles. The van der Waals surface area contributed by atoms with E-state index in [9.17, 15) is 19.0 Å². The van der Waals surface area contributed by atoms with E-state index in [1.807, 2.05) is 24.3 Å². The van der Waals surface area contributed by atoms with Gasteiger partial charge in [-0.3, -0.25) is 9.29 Å². The number of nitrogens with zero attached hydrogens (tertiary/aromatic N) is 1. The average Bonchev–Trinajstić information content (AvgIpc) is 3.22. The number of phenols is 2. The number of fused-ring (bicyclic) bond motifs is 1. The Hall–Kier alpha value is -3.58. The Bertz CT molecular complexity index is 1260. The number of phenolic OH excluding ortho intramolecular Hbond substituents is 2. The monoisotopic (exact) mass is 493 g/mol. The average molecular weight is 494 g/mol. The highest BCUT2D eigenvalue weighted by atomic mass is 19.1. The van der Waals surface area contributed by atoms with Crippen molar-refractivity contribution in [3.63, 3.8) is 0 Å². The second-order valence-corrected chi connectivity index (χ2v) is 9.19. The summed E-state index contributed by atoms with van der Waals surface area (Å²) in [6, 6.07) is 16.8. The van der Waals surface area contributed by atoms with Gasteiger partial charge in [-0.05, 0) is 65.9 Å². The van der Waals surface area contributed by atoms with Gasteiger partial charge in [0.25, 0.3) is 0 Å². The van der Waals surface area contributed by atoms with E-state index in [1.165, 1.54) is 6.07 Å². The van der Waals surface area contributed by atoms with E-state index in [-0.39, 0.29) is 24.3 Å². The predicted molar refractivity (Wildman–Crippen MR) is 135 cm³/mol. The summed E-state index contributed by atoms with van der Waals surface area (Å²) in [5, 5.41) is 19.7. The van der Waals surface area contributed by atoms with Gasteiger partial charge in [-0.2, -0.15) is 0 Å². The third-order valence-electron chi connectivity index (χ3n) is 6.71. The van der Waals surface area contributed by atoms with Crippen LogP contribution in [0.4, 0.5) is 8.78 Å². The summed E-state index contributed by atoms with van der Waals surface area (Å²) >= 11 is 0. The molecule has 0 aliphatic carbocycles. The van der Waals surface area contributed by atoms with Gasteiger partial charge in [0.05, 0.1) is 13.3 Å². The molecule has 1 fully saturated rings. The minimum Gasteiger partial charge on any atom is -0.508 e. The van der Waals surface area contributed by atoms with Crippen molar-refractivity contribution in [3.05, 3.63) is 83.2 Å². The number of rotatable bonds is 7. The SMILES string of the molecule is Oc1ccc(C2=C(c3ccc(O[C@H]4CCN(CCCF)C4)cc3)c3ccc(O)cc3OCC2)c(F)c1. The largest absolute Gasteiger partial charge is 0.508 e. The Morgan fingerprint density at radius 2 is 1.72 bits per heavy atom. The summed E-state index contributed by atoms with van der Waals surface area (Å²) in [6.07, 6.45) is 1.95. The molecule has 36 heavy (non-hydrogen) atoms. The lowest BCUT2D eigenvalue weighted by Crippen LogP contribution is -2.26. The number of hydrogen-bond acceptors (Lipinski definition) is 5. The lowest BCUT2D eigenvalue weighted by atomic mass is 9.88. The Morgan fingerprint density at radius 3 is 2.47 bits per heavy atom. The van der Waals surface area contributed by atoms with Crippen LogP contribution < -0.4 is 9.47 Å². The molecule has 1 atom stereocenters. The summed E-state index contributed by atoms with van der Waals surface area (Å²) < 4.78 is 39.6. The number of benzene rings is 3. The number of ether oxygens (including phenoxy) is 2.